The van der Waals surface area contributed by atoms with Crippen LogP contribution in [-0.4, -0.2) is 29.2 Å². The number of aromatic nitrogens is 2. The van der Waals surface area contributed by atoms with E-state index in [4.69, 9.17) is 10.3 Å². The van der Waals surface area contributed by atoms with Gasteiger partial charge in [0.25, 0.3) is 0 Å². The first-order chi connectivity index (χ1) is 8.49. The Hall–Kier alpha value is -1.85. The minimum atomic E-state index is 0.276. The summed E-state index contributed by atoms with van der Waals surface area (Å²) in [5.41, 5.74) is 6.64. The topological polar surface area (TPSA) is 89.3 Å². The van der Waals surface area contributed by atoms with Gasteiger partial charge >= 0.3 is 0 Å². The quantitative estimate of drug-likeness (QED) is 0.451. The molecule has 3 N–H and O–H groups in total. The van der Waals surface area contributed by atoms with Gasteiger partial charge in [-0.05, 0) is 6.92 Å². The van der Waals surface area contributed by atoms with Gasteiger partial charge in [0.05, 0.1) is 6.54 Å². The summed E-state index contributed by atoms with van der Waals surface area (Å²) in [6.07, 6.45) is 0.628. The van der Waals surface area contributed by atoms with Crippen LogP contribution in [0.4, 0.5) is 0 Å². The number of guanidine groups is 1. The summed E-state index contributed by atoms with van der Waals surface area (Å²) in [7, 11) is 0. The minimum Gasteiger partial charge on any atom is -0.370 e. The van der Waals surface area contributed by atoms with Crippen LogP contribution >= 0.6 is 0 Å². The fraction of sp³-hybridized carbons (Fsp3) is 0.583. The maximum absolute atomic E-state index is 5.67. The SMILES string of the molecule is C=C(C)CN=C(N)NCCc1nc(C(C)C)no1. The second kappa shape index (κ2) is 6.78. The molecule has 6 heteroatoms. The fourth-order valence-corrected chi connectivity index (χ4v) is 1.18. The van der Waals surface area contributed by atoms with Crippen molar-refractivity contribution in [3.8, 4) is 0 Å². The Balaban J connectivity index is 2.32. The first-order valence-electron chi connectivity index (χ1n) is 5.99. The molecule has 18 heavy (non-hydrogen) atoms. The van der Waals surface area contributed by atoms with Crippen LogP contribution < -0.4 is 11.1 Å². The van der Waals surface area contributed by atoms with E-state index in [9.17, 15) is 0 Å². The number of hydrogen-bond donors (Lipinski definition) is 2. The molecule has 100 valence electrons. The van der Waals surface area contributed by atoms with E-state index in [0.717, 1.165) is 11.4 Å². The van der Waals surface area contributed by atoms with Crippen LogP contribution in [0.25, 0.3) is 0 Å². The third kappa shape index (κ3) is 4.99. The van der Waals surface area contributed by atoms with Crippen LogP contribution in [0.15, 0.2) is 21.7 Å². The monoisotopic (exact) mass is 251 g/mol. The molecule has 0 radical (unpaired) electrons. The van der Waals surface area contributed by atoms with E-state index in [1.807, 2.05) is 20.8 Å². The first kappa shape index (κ1) is 14.2. The van der Waals surface area contributed by atoms with E-state index in [-0.39, 0.29) is 5.92 Å². The average Bonchev–Trinajstić information content (AvgIpc) is 2.75. The predicted molar refractivity (Wildman–Crippen MR) is 71.4 cm³/mol. The van der Waals surface area contributed by atoms with Crippen molar-refractivity contribution in [1.29, 1.82) is 0 Å². The molecule has 0 atom stereocenters. The molecule has 0 saturated heterocycles. The summed E-state index contributed by atoms with van der Waals surface area (Å²) in [6.45, 7) is 10.9. The molecular weight excluding hydrogens is 230 g/mol. The smallest absolute Gasteiger partial charge is 0.228 e. The normalized spacial score (nSPS) is 11.9. The summed E-state index contributed by atoms with van der Waals surface area (Å²) >= 11 is 0. The molecule has 0 aliphatic rings. The molecule has 0 bridgehead atoms. The summed E-state index contributed by atoms with van der Waals surface area (Å²) in [5.74, 6) is 2.02. The Labute approximate surface area is 107 Å². The molecule has 1 aromatic heterocycles. The van der Waals surface area contributed by atoms with Crippen molar-refractivity contribution >= 4 is 5.96 Å². The second-order valence-corrected chi connectivity index (χ2v) is 4.54. The van der Waals surface area contributed by atoms with Crippen molar-refractivity contribution in [3.05, 3.63) is 23.9 Å². The third-order valence-corrected chi connectivity index (χ3v) is 2.16. The highest BCUT2D eigenvalue weighted by atomic mass is 16.5. The van der Waals surface area contributed by atoms with Gasteiger partial charge < -0.3 is 15.6 Å². The van der Waals surface area contributed by atoms with Gasteiger partial charge in [-0.1, -0.05) is 31.2 Å². The Bertz CT molecular complexity index is 422. The largest absolute Gasteiger partial charge is 0.370 e. The van der Waals surface area contributed by atoms with E-state index in [0.29, 0.717) is 31.4 Å². The highest BCUT2D eigenvalue weighted by Gasteiger charge is 2.08. The van der Waals surface area contributed by atoms with Gasteiger partial charge in [-0.3, -0.25) is 0 Å². The number of nitrogens with two attached hydrogens (primary N) is 1. The number of rotatable bonds is 6. The van der Waals surface area contributed by atoms with E-state index in [1.165, 1.54) is 0 Å². The fourth-order valence-electron chi connectivity index (χ4n) is 1.18. The second-order valence-electron chi connectivity index (χ2n) is 4.54. The minimum absolute atomic E-state index is 0.276. The lowest BCUT2D eigenvalue weighted by Gasteiger charge is -2.03. The Morgan fingerprint density at radius 3 is 2.83 bits per heavy atom. The van der Waals surface area contributed by atoms with Crippen LogP contribution in [0, 0.1) is 0 Å². The summed E-state index contributed by atoms with van der Waals surface area (Å²) in [6, 6.07) is 0. The molecule has 0 saturated carbocycles. The van der Waals surface area contributed by atoms with Crippen LogP contribution in [0.2, 0.25) is 0 Å². The van der Waals surface area contributed by atoms with Crippen molar-refractivity contribution in [1.82, 2.24) is 15.5 Å². The lowest BCUT2D eigenvalue weighted by atomic mass is 10.2. The molecule has 0 unspecified atom stereocenters. The van der Waals surface area contributed by atoms with Crippen molar-refractivity contribution < 1.29 is 4.52 Å². The van der Waals surface area contributed by atoms with Gasteiger partial charge in [-0.2, -0.15) is 4.98 Å². The standard InChI is InChI=1S/C12H21N5O/c1-8(2)7-15-12(13)14-6-5-10-16-11(9(3)4)17-18-10/h9H,1,5-7H2,2-4H3,(H3,13,14,15). The molecule has 0 aromatic carbocycles. The van der Waals surface area contributed by atoms with Crippen molar-refractivity contribution in [2.45, 2.75) is 33.1 Å². The molecule has 1 rings (SSSR count). The maximum Gasteiger partial charge on any atom is 0.228 e. The van der Waals surface area contributed by atoms with Crippen molar-refractivity contribution in [2.75, 3.05) is 13.1 Å². The lowest BCUT2D eigenvalue weighted by Crippen LogP contribution is -2.33. The zero-order valence-corrected chi connectivity index (χ0v) is 11.2. The summed E-state index contributed by atoms with van der Waals surface area (Å²) in [5, 5.41) is 6.87. The van der Waals surface area contributed by atoms with Crippen LogP contribution in [0.5, 0.6) is 0 Å². The van der Waals surface area contributed by atoms with Crippen LogP contribution in [0.3, 0.4) is 0 Å². The van der Waals surface area contributed by atoms with Gasteiger partial charge in [0.1, 0.15) is 0 Å². The van der Waals surface area contributed by atoms with Gasteiger partial charge in [0.15, 0.2) is 11.8 Å². The molecule has 0 spiro atoms. The third-order valence-electron chi connectivity index (χ3n) is 2.16. The Morgan fingerprint density at radius 2 is 2.28 bits per heavy atom. The predicted octanol–water partition coefficient (Wildman–Crippen LogP) is 1.22. The van der Waals surface area contributed by atoms with Crippen LogP contribution in [0.1, 0.15) is 38.4 Å². The zero-order chi connectivity index (χ0) is 13.5. The Morgan fingerprint density at radius 1 is 1.56 bits per heavy atom. The lowest BCUT2D eigenvalue weighted by molar-refractivity contribution is 0.371. The van der Waals surface area contributed by atoms with E-state index in [2.05, 4.69) is 27.0 Å². The summed E-state index contributed by atoms with van der Waals surface area (Å²) in [4.78, 5) is 8.37. The highest BCUT2D eigenvalue weighted by Crippen LogP contribution is 2.09. The van der Waals surface area contributed by atoms with Gasteiger partial charge in [-0.15, -0.1) is 0 Å². The van der Waals surface area contributed by atoms with E-state index < -0.39 is 0 Å². The number of nitrogens with zero attached hydrogens (tertiary/aromatic N) is 3. The Kier molecular flexibility index (Phi) is 5.35. The van der Waals surface area contributed by atoms with E-state index >= 15 is 0 Å². The van der Waals surface area contributed by atoms with Gasteiger partial charge in [0.2, 0.25) is 5.89 Å². The van der Waals surface area contributed by atoms with Gasteiger partial charge in [0, 0.05) is 18.9 Å². The first-order valence-corrected chi connectivity index (χ1v) is 5.99. The molecule has 1 heterocycles. The molecule has 6 nitrogen and oxygen atoms in total. The van der Waals surface area contributed by atoms with Crippen molar-refractivity contribution in [3.63, 3.8) is 0 Å². The van der Waals surface area contributed by atoms with Gasteiger partial charge in [-0.25, -0.2) is 4.99 Å². The molecule has 1 aromatic rings. The number of hydrogen-bond acceptors (Lipinski definition) is 4. The average molecular weight is 251 g/mol. The highest BCUT2D eigenvalue weighted by molar-refractivity contribution is 5.77. The molecule has 0 fully saturated rings. The molecular formula is C12H21N5O. The number of nitrogens with one attached hydrogen (secondary N) is 1. The van der Waals surface area contributed by atoms with E-state index in [1.54, 1.807) is 0 Å². The maximum atomic E-state index is 5.67. The zero-order valence-electron chi connectivity index (χ0n) is 11.2. The summed E-state index contributed by atoms with van der Waals surface area (Å²) < 4.78 is 5.11. The number of aliphatic imine (C=N–C) groups is 1. The van der Waals surface area contributed by atoms with Crippen LogP contribution in [-0.2, 0) is 6.42 Å². The molecule has 0 aliphatic heterocycles. The molecule has 0 aliphatic carbocycles. The van der Waals surface area contributed by atoms with Crippen molar-refractivity contribution in [2.24, 2.45) is 10.7 Å². The molecule has 0 amide bonds.